The Kier molecular flexibility index (Phi) is 5.72. The molecule has 1 heterocycles. The Morgan fingerprint density at radius 2 is 1.52 bits per heavy atom. The first kappa shape index (κ1) is 17.9. The third-order valence-electron chi connectivity index (χ3n) is 4.55. The van der Waals surface area contributed by atoms with Crippen LogP contribution in [0.1, 0.15) is 22.3 Å². The summed E-state index contributed by atoms with van der Waals surface area (Å²) in [6.45, 7) is 1.93. The van der Waals surface area contributed by atoms with E-state index in [1.54, 1.807) is 0 Å². The number of fused-ring (bicyclic) bond motifs is 1. The monoisotopic (exact) mass is 411 g/mol. The number of hydrogen-bond acceptors (Lipinski definition) is 0. The molecule has 0 saturated carbocycles. The molecule has 0 atom stereocenters. The van der Waals surface area contributed by atoms with Gasteiger partial charge in [-0.1, -0.05) is 60.1 Å². The maximum atomic E-state index is 6.21. The fourth-order valence-electron chi connectivity index (χ4n) is 3.43. The van der Waals surface area contributed by atoms with Gasteiger partial charge in [-0.15, -0.1) is 0 Å². The lowest BCUT2D eigenvalue weighted by atomic mass is 9.92. The van der Waals surface area contributed by atoms with Crippen molar-refractivity contribution in [3.8, 4) is 0 Å². The van der Waals surface area contributed by atoms with Gasteiger partial charge in [0.1, 0.15) is 6.54 Å². The molecule has 0 spiro atoms. The Labute approximate surface area is 164 Å². The van der Waals surface area contributed by atoms with Gasteiger partial charge in [0.05, 0.1) is 0 Å². The topological polar surface area (TPSA) is 3.01 Å². The molecular weight excluding hydrogens is 394 g/mol. The quantitative estimate of drug-likeness (QED) is 0.579. The zero-order valence-corrected chi connectivity index (χ0v) is 16.2. The lowest BCUT2D eigenvalue weighted by Crippen LogP contribution is -3.00. The van der Waals surface area contributed by atoms with E-state index in [9.17, 15) is 0 Å². The van der Waals surface area contributed by atoms with Crippen molar-refractivity contribution >= 4 is 17.3 Å². The van der Waals surface area contributed by atoms with Gasteiger partial charge in [-0.2, -0.15) is 0 Å². The van der Waals surface area contributed by atoms with Crippen molar-refractivity contribution in [2.75, 3.05) is 6.54 Å². The van der Waals surface area contributed by atoms with Gasteiger partial charge in [0.2, 0.25) is 5.71 Å². The summed E-state index contributed by atoms with van der Waals surface area (Å²) < 4.78 is 2.49. The second kappa shape index (κ2) is 7.99. The fourth-order valence-corrected chi connectivity index (χ4v) is 3.63. The van der Waals surface area contributed by atoms with Crippen molar-refractivity contribution in [1.29, 1.82) is 0 Å². The maximum Gasteiger partial charge on any atom is 0.215 e. The Bertz CT molecular complexity index is 888. The van der Waals surface area contributed by atoms with Gasteiger partial charge < -0.3 is 17.0 Å². The summed E-state index contributed by atoms with van der Waals surface area (Å²) in [5.41, 5.74) is 6.54. The van der Waals surface area contributed by atoms with Crippen molar-refractivity contribution in [3.05, 3.63) is 106 Å². The molecule has 0 radical (unpaired) electrons. The number of rotatable bonds is 3. The molecule has 0 aromatic heterocycles. The fraction of sp³-hybridized carbons (Fsp3) is 0.136. The number of benzene rings is 3. The van der Waals surface area contributed by atoms with Gasteiger partial charge in [-0.3, -0.25) is 0 Å². The molecule has 0 N–H and O–H groups in total. The molecule has 126 valence electrons. The standard InChI is InChI=1S/C22H19ClN.BrH/c23-20-11-12-21-19(15-20)13-14-24(16-17-7-3-1-4-8-17)22(21)18-9-5-2-6-10-18;/h1-12,15H,13-14,16H2;1H/q+1;/p-1. The van der Waals surface area contributed by atoms with Gasteiger partial charge in [-0.05, 0) is 35.9 Å². The lowest BCUT2D eigenvalue weighted by Gasteiger charge is -2.19. The molecule has 3 aromatic rings. The minimum absolute atomic E-state index is 0. The number of hydrogen-bond donors (Lipinski definition) is 0. The molecule has 3 heteroatoms. The highest BCUT2D eigenvalue weighted by atomic mass is 79.9. The smallest absolute Gasteiger partial charge is 0.215 e. The first-order valence-electron chi connectivity index (χ1n) is 8.31. The van der Waals surface area contributed by atoms with E-state index in [1.807, 2.05) is 6.07 Å². The van der Waals surface area contributed by atoms with Crippen LogP contribution in [0.4, 0.5) is 0 Å². The summed E-state index contributed by atoms with van der Waals surface area (Å²) in [5, 5.41) is 0.817. The summed E-state index contributed by atoms with van der Waals surface area (Å²) in [7, 11) is 0. The summed E-state index contributed by atoms with van der Waals surface area (Å²) in [5.74, 6) is 0. The Morgan fingerprint density at radius 3 is 2.24 bits per heavy atom. The highest BCUT2D eigenvalue weighted by molar-refractivity contribution is 6.30. The highest BCUT2D eigenvalue weighted by Crippen LogP contribution is 2.24. The summed E-state index contributed by atoms with van der Waals surface area (Å²) in [4.78, 5) is 0. The van der Waals surface area contributed by atoms with Crippen molar-refractivity contribution in [2.24, 2.45) is 0 Å². The molecule has 0 fully saturated rings. The lowest BCUT2D eigenvalue weighted by molar-refractivity contribution is -0.544. The summed E-state index contributed by atoms with van der Waals surface area (Å²) >= 11 is 6.21. The highest BCUT2D eigenvalue weighted by Gasteiger charge is 2.27. The van der Waals surface area contributed by atoms with Gasteiger partial charge >= 0.3 is 0 Å². The first-order valence-corrected chi connectivity index (χ1v) is 8.69. The first-order chi connectivity index (χ1) is 11.8. The zero-order valence-electron chi connectivity index (χ0n) is 13.8. The Morgan fingerprint density at radius 1 is 0.840 bits per heavy atom. The minimum Gasteiger partial charge on any atom is -1.00 e. The third kappa shape index (κ3) is 3.86. The van der Waals surface area contributed by atoms with Crippen LogP contribution in [0, 0.1) is 0 Å². The van der Waals surface area contributed by atoms with E-state index in [1.165, 1.54) is 28.0 Å². The van der Waals surface area contributed by atoms with Crippen LogP contribution in [-0.2, 0) is 13.0 Å². The number of nitrogens with zero attached hydrogens (tertiary/aromatic N) is 1. The number of halogens is 2. The van der Waals surface area contributed by atoms with E-state index >= 15 is 0 Å². The normalized spacial score (nSPS) is 13.2. The largest absolute Gasteiger partial charge is 1.00 e. The molecule has 0 unspecified atom stereocenters. The molecule has 0 aliphatic carbocycles. The van der Waals surface area contributed by atoms with Crippen molar-refractivity contribution < 1.29 is 21.6 Å². The van der Waals surface area contributed by atoms with Crippen LogP contribution in [0.2, 0.25) is 5.02 Å². The van der Waals surface area contributed by atoms with Crippen LogP contribution in [0.3, 0.4) is 0 Å². The molecule has 0 saturated heterocycles. The van der Waals surface area contributed by atoms with Crippen molar-refractivity contribution in [2.45, 2.75) is 13.0 Å². The predicted octanol–water partition coefficient (Wildman–Crippen LogP) is 1.95. The van der Waals surface area contributed by atoms with E-state index in [-0.39, 0.29) is 17.0 Å². The van der Waals surface area contributed by atoms with Gasteiger partial charge in [0, 0.05) is 28.1 Å². The average Bonchev–Trinajstić information content (AvgIpc) is 2.63. The van der Waals surface area contributed by atoms with Gasteiger partial charge in [0.15, 0.2) is 6.54 Å². The van der Waals surface area contributed by atoms with Gasteiger partial charge in [-0.25, -0.2) is 4.58 Å². The minimum atomic E-state index is 0. The molecule has 25 heavy (non-hydrogen) atoms. The van der Waals surface area contributed by atoms with Crippen LogP contribution >= 0.6 is 11.6 Å². The van der Waals surface area contributed by atoms with Crippen LogP contribution < -0.4 is 17.0 Å². The zero-order chi connectivity index (χ0) is 16.4. The second-order valence-electron chi connectivity index (χ2n) is 6.17. The van der Waals surface area contributed by atoms with Crippen LogP contribution in [0.25, 0.3) is 0 Å². The molecule has 3 aromatic carbocycles. The molecule has 0 bridgehead atoms. The van der Waals surface area contributed by atoms with Crippen molar-refractivity contribution in [1.82, 2.24) is 0 Å². The Balaban J connectivity index is 0.00000182. The van der Waals surface area contributed by atoms with Crippen LogP contribution in [0.15, 0.2) is 78.9 Å². The average molecular weight is 413 g/mol. The summed E-state index contributed by atoms with van der Waals surface area (Å²) in [6.07, 6.45) is 1.03. The molecule has 1 aliphatic heterocycles. The van der Waals surface area contributed by atoms with Crippen molar-refractivity contribution in [3.63, 3.8) is 0 Å². The van der Waals surface area contributed by atoms with E-state index in [4.69, 9.17) is 11.6 Å². The maximum absolute atomic E-state index is 6.21. The third-order valence-corrected chi connectivity index (χ3v) is 4.79. The van der Waals surface area contributed by atoms with Crippen LogP contribution in [0.5, 0.6) is 0 Å². The summed E-state index contributed by atoms with van der Waals surface area (Å²) in [6, 6.07) is 27.6. The molecule has 0 amide bonds. The van der Waals surface area contributed by atoms with E-state index in [0.717, 1.165) is 24.5 Å². The SMILES string of the molecule is Clc1ccc2c(c1)CC[N+](Cc1ccccc1)=C2c1ccccc1.[Br-]. The predicted molar refractivity (Wildman–Crippen MR) is 100 cm³/mol. The van der Waals surface area contributed by atoms with E-state index in [2.05, 4.69) is 77.4 Å². The van der Waals surface area contributed by atoms with Gasteiger partial charge in [0.25, 0.3) is 0 Å². The van der Waals surface area contributed by atoms with E-state index in [0.29, 0.717) is 0 Å². The van der Waals surface area contributed by atoms with Crippen LogP contribution in [-0.4, -0.2) is 16.8 Å². The molecule has 1 aliphatic rings. The molecular formula is C22H19BrClN. The molecule has 4 rings (SSSR count). The Hall–Kier alpha value is -1.90. The van der Waals surface area contributed by atoms with E-state index < -0.39 is 0 Å². The molecule has 1 nitrogen and oxygen atoms in total. The second-order valence-corrected chi connectivity index (χ2v) is 6.61.